The standard InChI is InChI=1S/C21H22N4O/c1-14-9-15(2)11-18(10-14)25-21(17-12-19(26)24(3)13-17)22-20(23-25)16-7-5-4-6-8-16/h4-11,17H,12-13H2,1-3H3/t17-/m0/s1. The third-order valence-electron chi connectivity index (χ3n) is 4.82. The Bertz CT molecular complexity index is 941. The topological polar surface area (TPSA) is 51.0 Å². The molecule has 0 bridgehead atoms. The number of likely N-dealkylation sites (tertiary alicyclic amines) is 1. The van der Waals surface area contributed by atoms with Gasteiger partial charge in [-0.2, -0.15) is 0 Å². The van der Waals surface area contributed by atoms with Gasteiger partial charge in [-0.05, 0) is 37.1 Å². The van der Waals surface area contributed by atoms with Crippen molar-refractivity contribution in [3.05, 3.63) is 65.5 Å². The summed E-state index contributed by atoms with van der Waals surface area (Å²) in [5.74, 6) is 1.76. The molecule has 26 heavy (non-hydrogen) atoms. The minimum Gasteiger partial charge on any atom is -0.345 e. The Kier molecular flexibility index (Phi) is 4.07. The first-order chi connectivity index (χ1) is 12.5. The summed E-state index contributed by atoms with van der Waals surface area (Å²) in [5, 5.41) is 4.80. The molecule has 0 radical (unpaired) electrons. The number of carbonyl (C=O) groups is 1. The Morgan fingerprint density at radius 1 is 1.04 bits per heavy atom. The highest BCUT2D eigenvalue weighted by atomic mass is 16.2. The molecule has 5 heteroatoms. The Balaban J connectivity index is 1.85. The van der Waals surface area contributed by atoms with Crippen molar-refractivity contribution in [2.24, 2.45) is 0 Å². The summed E-state index contributed by atoms with van der Waals surface area (Å²) in [6.45, 7) is 4.84. The molecule has 1 amide bonds. The molecule has 3 aromatic rings. The van der Waals surface area contributed by atoms with Gasteiger partial charge in [0.05, 0.1) is 5.69 Å². The summed E-state index contributed by atoms with van der Waals surface area (Å²) in [7, 11) is 1.85. The molecule has 1 saturated heterocycles. The summed E-state index contributed by atoms with van der Waals surface area (Å²) in [4.78, 5) is 18.7. The molecule has 0 aliphatic carbocycles. The van der Waals surface area contributed by atoms with Crippen LogP contribution in [0.25, 0.3) is 17.1 Å². The maximum Gasteiger partial charge on any atom is 0.223 e. The van der Waals surface area contributed by atoms with Crippen molar-refractivity contribution >= 4 is 5.91 Å². The number of amides is 1. The Hall–Kier alpha value is -2.95. The van der Waals surface area contributed by atoms with Crippen LogP contribution in [0.1, 0.15) is 29.3 Å². The molecule has 1 aromatic heterocycles. The van der Waals surface area contributed by atoms with Gasteiger partial charge in [0, 0.05) is 31.5 Å². The highest BCUT2D eigenvalue weighted by Crippen LogP contribution is 2.30. The Labute approximate surface area is 153 Å². The van der Waals surface area contributed by atoms with E-state index in [9.17, 15) is 4.79 Å². The van der Waals surface area contributed by atoms with Gasteiger partial charge in [-0.1, -0.05) is 36.4 Å². The molecule has 2 aromatic carbocycles. The van der Waals surface area contributed by atoms with E-state index in [0.29, 0.717) is 18.8 Å². The highest BCUT2D eigenvalue weighted by Gasteiger charge is 2.32. The molecule has 1 aliphatic rings. The normalized spacial score (nSPS) is 17.1. The van der Waals surface area contributed by atoms with Gasteiger partial charge in [0.2, 0.25) is 5.91 Å². The lowest BCUT2D eigenvalue weighted by atomic mass is 10.1. The van der Waals surface area contributed by atoms with Crippen molar-refractivity contribution in [2.75, 3.05) is 13.6 Å². The molecule has 0 N–H and O–H groups in total. The lowest BCUT2D eigenvalue weighted by Crippen LogP contribution is -2.19. The lowest BCUT2D eigenvalue weighted by molar-refractivity contribution is -0.126. The third kappa shape index (κ3) is 3.01. The van der Waals surface area contributed by atoms with E-state index in [4.69, 9.17) is 10.1 Å². The third-order valence-corrected chi connectivity index (χ3v) is 4.82. The first kappa shape index (κ1) is 16.5. The molecule has 2 heterocycles. The molecule has 1 aliphatic heterocycles. The molecule has 132 valence electrons. The summed E-state index contributed by atoms with van der Waals surface area (Å²) < 4.78 is 1.92. The van der Waals surface area contributed by atoms with Crippen LogP contribution < -0.4 is 0 Å². The van der Waals surface area contributed by atoms with E-state index < -0.39 is 0 Å². The van der Waals surface area contributed by atoms with Gasteiger partial charge in [-0.3, -0.25) is 4.79 Å². The van der Waals surface area contributed by atoms with Crippen LogP contribution in [0.5, 0.6) is 0 Å². The zero-order chi connectivity index (χ0) is 18.3. The second-order valence-corrected chi connectivity index (χ2v) is 7.09. The van der Waals surface area contributed by atoms with Crippen LogP contribution in [0, 0.1) is 13.8 Å². The van der Waals surface area contributed by atoms with E-state index in [0.717, 1.165) is 17.1 Å². The zero-order valence-electron chi connectivity index (χ0n) is 15.3. The second-order valence-electron chi connectivity index (χ2n) is 7.09. The molecule has 5 nitrogen and oxygen atoms in total. The Morgan fingerprint density at radius 2 is 1.73 bits per heavy atom. The van der Waals surface area contributed by atoms with Crippen LogP contribution >= 0.6 is 0 Å². The van der Waals surface area contributed by atoms with E-state index in [1.807, 2.05) is 42.1 Å². The predicted octanol–water partition coefficient (Wildman–Crippen LogP) is 3.50. The number of aromatic nitrogens is 3. The number of nitrogens with zero attached hydrogens (tertiary/aromatic N) is 4. The van der Waals surface area contributed by atoms with Gasteiger partial charge in [0.1, 0.15) is 5.82 Å². The monoisotopic (exact) mass is 346 g/mol. The first-order valence-corrected chi connectivity index (χ1v) is 8.86. The van der Waals surface area contributed by atoms with Crippen molar-refractivity contribution in [1.29, 1.82) is 0 Å². The van der Waals surface area contributed by atoms with Crippen molar-refractivity contribution < 1.29 is 4.79 Å². The fourth-order valence-corrected chi connectivity index (χ4v) is 3.60. The summed E-state index contributed by atoms with van der Waals surface area (Å²) in [6.07, 6.45) is 0.480. The second kappa shape index (κ2) is 6.41. The summed E-state index contributed by atoms with van der Waals surface area (Å²) >= 11 is 0. The average Bonchev–Trinajstić information content (AvgIpc) is 3.19. The van der Waals surface area contributed by atoms with Gasteiger partial charge in [-0.25, -0.2) is 9.67 Å². The van der Waals surface area contributed by atoms with Crippen LogP contribution in [-0.2, 0) is 4.79 Å². The van der Waals surface area contributed by atoms with Crippen molar-refractivity contribution in [3.63, 3.8) is 0 Å². The number of hydrogen-bond acceptors (Lipinski definition) is 3. The van der Waals surface area contributed by atoms with Crippen molar-refractivity contribution in [1.82, 2.24) is 19.7 Å². The zero-order valence-corrected chi connectivity index (χ0v) is 15.3. The van der Waals surface area contributed by atoms with Crippen LogP contribution in [0.3, 0.4) is 0 Å². The average molecular weight is 346 g/mol. The molecule has 0 spiro atoms. The van der Waals surface area contributed by atoms with Crippen molar-refractivity contribution in [3.8, 4) is 17.1 Å². The molecule has 1 fully saturated rings. The van der Waals surface area contributed by atoms with E-state index in [2.05, 4.69) is 32.0 Å². The van der Waals surface area contributed by atoms with Crippen LogP contribution in [-0.4, -0.2) is 39.2 Å². The van der Waals surface area contributed by atoms with E-state index in [-0.39, 0.29) is 11.8 Å². The number of rotatable bonds is 3. The van der Waals surface area contributed by atoms with E-state index >= 15 is 0 Å². The maximum atomic E-state index is 12.1. The Morgan fingerprint density at radius 3 is 2.35 bits per heavy atom. The number of carbonyl (C=O) groups excluding carboxylic acids is 1. The van der Waals surface area contributed by atoms with Gasteiger partial charge < -0.3 is 4.90 Å². The smallest absolute Gasteiger partial charge is 0.223 e. The number of hydrogen-bond donors (Lipinski definition) is 0. The number of benzene rings is 2. The minimum absolute atomic E-state index is 0.0540. The summed E-state index contributed by atoms with van der Waals surface area (Å²) in [6, 6.07) is 16.3. The first-order valence-electron chi connectivity index (χ1n) is 8.86. The van der Waals surface area contributed by atoms with Crippen LogP contribution in [0.4, 0.5) is 0 Å². The molecular formula is C21H22N4O. The number of aryl methyl sites for hydroxylation is 2. The maximum absolute atomic E-state index is 12.1. The molecule has 0 saturated carbocycles. The molecule has 4 rings (SSSR count). The molecular weight excluding hydrogens is 324 g/mol. The molecule has 1 atom stereocenters. The number of likely N-dealkylation sites (N-methyl/N-ethyl adjacent to an activating group) is 1. The van der Waals surface area contributed by atoms with Gasteiger partial charge in [0.25, 0.3) is 0 Å². The van der Waals surface area contributed by atoms with Crippen LogP contribution in [0.15, 0.2) is 48.5 Å². The van der Waals surface area contributed by atoms with E-state index in [1.54, 1.807) is 4.90 Å². The van der Waals surface area contributed by atoms with Gasteiger partial charge >= 0.3 is 0 Å². The fraction of sp³-hybridized carbons (Fsp3) is 0.286. The fourth-order valence-electron chi connectivity index (χ4n) is 3.60. The van der Waals surface area contributed by atoms with Gasteiger partial charge in [0.15, 0.2) is 5.82 Å². The summed E-state index contributed by atoms with van der Waals surface area (Å²) in [5.41, 5.74) is 4.34. The molecule has 0 unspecified atom stereocenters. The largest absolute Gasteiger partial charge is 0.345 e. The van der Waals surface area contributed by atoms with E-state index in [1.165, 1.54) is 11.1 Å². The van der Waals surface area contributed by atoms with Crippen LogP contribution in [0.2, 0.25) is 0 Å². The SMILES string of the molecule is Cc1cc(C)cc(-n2nc(-c3ccccc3)nc2[C@H]2CC(=O)N(C)C2)c1. The quantitative estimate of drug-likeness (QED) is 0.729. The highest BCUT2D eigenvalue weighted by molar-refractivity contribution is 5.79. The predicted molar refractivity (Wildman–Crippen MR) is 101 cm³/mol. The van der Waals surface area contributed by atoms with Gasteiger partial charge in [-0.15, -0.1) is 5.10 Å². The van der Waals surface area contributed by atoms with Crippen molar-refractivity contribution in [2.45, 2.75) is 26.2 Å². The minimum atomic E-state index is 0.0540. The lowest BCUT2D eigenvalue weighted by Gasteiger charge is -2.12.